The number of carbonyl (C=O) groups is 1. The molecular formula is C25H21BrN2O4S. The van der Waals surface area contributed by atoms with Gasteiger partial charge in [0.05, 0.1) is 23.6 Å². The number of nitrogens with zero attached hydrogens (tertiary/aromatic N) is 2. The maximum absolute atomic E-state index is 13.6. The van der Waals surface area contributed by atoms with Crippen molar-refractivity contribution >= 4 is 49.3 Å². The van der Waals surface area contributed by atoms with E-state index in [1.165, 1.54) is 11.3 Å². The van der Waals surface area contributed by atoms with Crippen molar-refractivity contribution in [3.63, 3.8) is 0 Å². The van der Waals surface area contributed by atoms with E-state index in [1.807, 2.05) is 24.3 Å². The van der Waals surface area contributed by atoms with Crippen LogP contribution < -0.4 is 15.1 Å². The van der Waals surface area contributed by atoms with Gasteiger partial charge in [0, 0.05) is 16.0 Å². The van der Waals surface area contributed by atoms with E-state index in [-0.39, 0.29) is 17.1 Å². The molecule has 2 aromatic heterocycles. The first kappa shape index (κ1) is 21.9. The number of thiazole rings is 1. The Labute approximate surface area is 203 Å². The molecule has 1 atom stereocenters. The predicted octanol–water partition coefficient (Wildman–Crippen LogP) is 6.33. The van der Waals surface area contributed by atoms with Crippen LogP contribution in [0.15, 0.2) is 67.7 Å². The monoisotopic (exact) mass is 524 g/mol. The van der Waals surface area contributed by atoms with Gasteiger partial charge in [0.15, 0.2) is 10.6 Å². The zero-order chi connectivity index (χ0) is 22.9. The first-order valence-corrected chi connectivity index (χ1v) is 12.5. The molecule has 2 aromatic carbocycles. The molecule has 168 valence electrons. The van der Waals surface area contributed by atoms with Gasteiger partial charge in [-0.2, -0.15) is 0 Å². The van der Waals surface area contributed by atoms with Crippen LogP contribution in [-0.4, -0.2) is 17.5 Å². The van der Waals surface area contributed by atoms with Crippen LogP contribution >= 0.6 is 27.3 Å². The summed E-state index contributed by atoms with van der Waals surface area (Å²) in [6.45, 7) is 2.82. The third-order valence-corrected chi connectivity index (χ3v) is 6.93. The van der Waals surface area contributed by atoms with E-state index in [0.717, 1.165) is 35.0 Å². The van der Waals surface area contributed by atoms with Crippen LogP contribution in [0.5, 0.6) is 5.75 Å². The maximum Gasteiger partial charge on any atom is 0.297 e. The average molecular weight is 525 g/mol. The highest BCUT2D eigenvalue weighted by atomic mass is 79.9. The quantitative estimate of drug-likeness (QED) is 0.264. The summed E-state index contributed by atoms with van der Waals surface area (Å²) in [5.41, 5.74) is 1.29. The zero-order valence-electron chi connectivity index (χ0n) is 17.9. The minimum absolute atomic E-state index is 0.0647. The molecule has 0 fully saturated rings. The molecule has 0 radical (unpaired) electrons. The second-order valence-electron chi connectivity index (χ2n) is 7.83. The summed E-state index contributed by atoms with van der Waals surface area (Å²) in [4.78, 5) is 32.9. The molecule has 1 aliphatic heterocycles. The number of unbranched alkanes of at least 4 members (excludes halogenated alkanes) is 2. The molecule has 33 heavy (non-hydrogen) atoms. The summed E-state index contributed by atoms with van der Waals surface area (Å²) in [6.07, 6.45) is 4.91. The lowest BCUT2D eigenvalue weighted by molar-refractivity contribution is 0.0971. The number of amides is 1. The first-order chi connectivity index (χ1) is 16.1. The highest BCUT2D eigenvalue weighted by Gasteiger charge is 2.44. The van der Waals surface area contributed by atoms with E-state index in [9.17, 15) is 9.59 Å². The van der Waals surface area contributed by atoms with Gasteiger partial charge in [0.1, 0.15) is 11.3 Å². The van der Waals surface area contributed by atoms with Gasteiger partial charge in [-0.1, -0.05) is 47.8 Å². The second-order valence-corrected chi connectivity index (χ2v) is 9.62. The van der Waals surface area contributed by atoms with Crippen LogP contribution in [0.3, 0.4) is 0 Å². The van der Waals surface area contributed by atoms with Crippen LogP contribution in [0.2, 0.25) is 0 Å². The fourth-order valence-corrected chi connectivity index (χ4v) is 5.11. The second kappa shape index (κ2) is 9.11. The molecule has 0 N–H and O–H groups in total. The number of hydrogen-bond acceptors (Lipinski definition) is 6. The van der Waals surface area contributed by atoms with Gasteiger partial charge in [0.25, 0.3) is 5.91 Å². The number of fused-ring (bicyclic) bond motifs is 2. The Balaban J connectivity index is 1.60. The number of benzene rings is 2. The first-order valence-electron chi connectivity index (χ1n) is 10.8. The number of aromatic nitrogens is 1. The molecule has 3 heterocycles. The number of hydrogen-bond donors (Lipinski definition) is 0. The van der Waals surface area contributed by atoms with Gasteiger partial charge in [-0.15, -0.1) is 11.3 Å². The standard InChI is InChI=1S/C25H21BrN2O4S/c1-2-3-4-12-31-17-8-5-15(6-9-17)21-20-22(29)18-14-16(26)7-10-19(18)32-23(20)24(30)28(21)25-27-11-13-33-25/h5-11,13-14,21H,2-4,12H2,1H3. The van der Waals surface area contributed by atoms with E-state index in [0.29, 0.717) is 28.3 Å². The lowest BCUT2D eigenvalue weighted by Gasteiger charge is -2.22. The summed E-state index contributed by atoms with van der Waals surface area (Å²) < 4.78 is 12.6. The summed E-state index contributed by atoms with van der Waals surface area (Å²) in [5, 5.41) is 2.75. The lowest BCUT2D eigenvalue weighted by atomic mass is 9.98. The topological polar surface area (TPSA) is 72.6 Å². The number of anilines is 1. The molecule has 0 aliphatic carbocycles. The molecular weight excluding hydrogens is 504 g/mol. The molecule has 0 bridgehead atoms. The van der Waals surface area contributed by atoms with Crippen LogP contribution in [0, 0.1) is 0 Å². The SMILES string of the molecule is CCCCCOc1ccc(C2c3c(oc4ccc(Br)cc4c3=O)C(=O)N2c2nccs2)cc1. The van der Waals surface area contributed by atoms with E-state index < -0.39 is 6.04 Å². The Kier molecular flexibility index (Phi) is 6.03. The molecule has 5 rings (SSSR count). The average Bonchev–Trinajstić information content (AvgIpc) is 3.44. The molecule has 0 saturated carbocycles. The van der Waals surface area contributed by atoms with E-state index in [4.69, 9.17) is 9.15 Å². The molecule has 6 nitrogen and oxygen atoms in total. The predicted molar refractivity (Wildman–Crippen MR) is 132 cm³/mol. The minimum atomic E-state index is -0.632. The van der Waals surface area contributed by atoms with E-state index >= 15 is 0 Å². The van der Waals surface area contributed by atoms with Gasteiger partial charge >= 0.3 is 0 Å². The third kappa shape index (κ3) is 3.98. The number of ether oxygens (including phenoxy) is 1. The minimum Gasteiger partial charge on any atom is -0.494 e. The molecule has 1 amide bonds. The normalized spacial score (nSPS) is 15.3. The van der Waals surface area contributed by atoms with Crippen molar-refractivity contribution in [2.24, 2.45) is 0 Å². The summed E-state index contributed by atoms with van der Waals surface area (Å²) in [6, 6.07) is 12.1. The number of halogens is 1. The molecule has 1 unspecified atom stereocenters. The van der Waals surface area contributed by atoms with Crippen molar-refractivity contribution in [2.45, 2.75) is 32.2 Å². The smallest absolute Gasteiger partial charge is 0.297 e. The van der Waals surface area contributed by atoms with Crippen molar-refractivity contribution in [2.75, 3.05) is 11.5 Å². The fourth-order valence-electron chi connectivity index (χ4n) is 4.08. The Bertz CT molecular complexity index is 1370. The van der Waals surface area contributed by atoms with E-state index in [1.54, 1.807) is 34.7 Å². The molecule has 4 aromatic rings. The Hall–Kier alpha value is -2.97. The lowest BCUT2D eigenvalue weighted by Crippen LogP contribution is -2.29. The van der Waals surface area contributed by atoms with Crippen molar-refractivity contribution in [3.8, 4) is 5.75 Å². The van der Waals surface area contributed by atoms with Crippen molar-refractivity contribution < 1.29 is 13.9 Å². The van der Waals surface area contributed by atoms with Crippen LogP contribution in [0.25, 0.3) is 11.0 Å². The molecule has 0 spiro atoms. The highest BCUT2D eigenvalue weighted by molar-refractivity contribution is 9.10. The van der Waals surface area contributed by atoms with Gasteiger partial charge in [0.2, 0.25) is 5.76 Å². The zero-order valence-corrected chi connectivity index (χ0v) is 20.3. The molecule has 8 heteroatoms. The highest BCUT2D eigenvalue weighted by Crippen LogP contribution is 2.42. The maximum atomic E-state index is 13.6. The van der Waals surface area contributed by atoms with Gasteiger partial charge < -0.3 is 9.15 Å². The fraction of sp³-hybridized carbons (Fsp3) is 0.240. The number of rotatable bonds is 7. The van der Waals surface area contributed by atoms with Gasteiger partial charge in [-0.05, 0) is 42.3 Å². The summed E-state index contributed by atoms with van der Waals surface area (Å²) >= 11 is 4.76. The van der Waals surface area contributed by atoms with Crippen LogP contribution in [-0.2, 0) is 0 Å². The van der Waals surface area contributed by atoms with Crippen LogP contribution in [0.4, 0.5) is 5.13 Å². The van der Waals surface area contributed by atoms with E-state index in [2.05, 4.69) is 27.8 Å². The van der Waals surface area contributed by atoms with Gasteiger partial charge in [-0.25, -0.2) is 4.98 Å². The largest absolute Gasteiger partial charge is 0.494 e. The van der Waals surface area contributed by atoms with Gasteiger partial charge in [-0.3, -0.25) is 14.5 Å². The number of carbonyl (C=O) groups excluding carboxylic acids is 1. The van der Waals surface area contributed by atoms with Crippen molar-refractivity contribution in [3.05, 3.63) is 85.6 Å². The summed E-state index contributed by atoms with van der Waals surface area (Å²) in [7, 11) is 0. The van der Waals surface area contributed by atoms with Crippen molar-refractivity contribution in [1.82, 2.24) is 4.98 Å². The molecule has 0 saturated heterocycles. The van der Waals surface area contributed by atoms with Crippen molar-refractivity contribution in [1.29, 1.82) is 0 Å². The summed E-state index contributed by atoms with van der Waals surface area (Å²) in [5.74, 6) is 0.455. The third-order valence-electron chi connectivity index (χ3n) is 5.67. The Morgan fingerprint density at radius 1 is 1.15 bits per heavy atom. The Morgan fingerprint density at radius 3 is 2.70 bits per heavy atom. The molecule has 1 aliphatic rings. The Morgan fingerprint density at radius 2 is 1.97 bits per heavy atom. The van der Waals surface area contributed by atoms with Crippen LogP contribution in [0.1, 0.15) is 53.9 Å².